The van der Waals surface area contributed by atoms with Crippen LogP contribution in [0.1, 0.15) is 44.4 Å². The van der Waals surface area contributed by atoms with Crippen molar-refractivity contribution in [3.8, 4) is 0 Å². The molecule has 2 aromatic carbocycles. The van der Waals surface area contributed by atoms with Crippen molar-refractivity contribution in [3.05, 3.63) is 65.0 Å². The van der Waals surface area contributed by atoms with E-state index in [1.54, 1.807) is 31.2 Å². The van der Waals surface area contributed by atoms with Crippen LogP contribution in [0.15, 0.2) is 42.5 Å². The third kappa shape index (κ3) is 7.28. The maximum Gasteiger partial charge on any atom is 0.244 e. The molecule has 0 aliphatic carbocycles. The number of benzene rings is 2. The minimum atomic E-state index is -3.82. The van der Waals surface area contributed by atoms with Crippen molar-refractivity contribution in [3.63, 3.8) is 0 Å². The lowest BCUT2D eigenvalue weighted by atomic mass is 10.1. The standard InChI is InChI=1S/C25H34FN3O4S/c1-17-12-13-21(14-18(17)2)29(34(7,32)33)16-23(30)28(15-20-10-8-9-11-22(20)26)19(3)24(31)27-25(4,5)6/h8-14,19H,15-16H2,1-7H3,(H,27,31). The largest absolute Gasteiger partial charge is 0.350 e. The average Bonchev–Trinajstić information content (AvgIpc) is 2.70. The van der Waals surface area contributed by atoms with Gasteiger partial charge in [-0.3, -0.25) is 13.9 Å². The molecule has 7 nitrogen and oxygen atoms in total. The molecule has 1 unspecified atom stereocenters. The van der Waals surface area contributed by atoms with E-state index in [0.29, 0.717) is 5.69 Å². The van der Waals surface area contributed by atoms with Crippen molar-refractivity contribution in [2.45, 2.75) is 59.7 Å². The fourth-order valence-corrected chi connectivity index (χ4v) is 4.20. The highest BCUT2D eigenvalue weighted by atomic mass is 32.2. The first-order chi connectivity index (χ1) is 15.6. The van der Waals surface area contributed by atoms with E-state index in [1.807, 2.05) is 34.6 Å². The highest BCUT2D eigenvalue weighted by Gasteiger charge is 2.31. The molecular formula is C25H34FN3O4S. The van der Waals surface area contributed by atoms with Crippen molar-refractivity contribution in [2.75, 3.05) is 17.1 Å². The lowest BCUT2D eigenvalue weighted by Gasteiger charge is -2.33. The Morgan fingerprint density at radius 2 is 1.68 bits per heavy atom. The molecule has 2 aromatic rings. The summed E-state index contributed by atoms with van der Waals surface area (Å²) in [5, 5.41) is 2.83. The topological polar surface area (TPSA) is 86.8 Å². The quantitative estimate of drug-likeness (QED) is 0.612. The first-order valence-corrected chi connectivity index (χ1v) is 12.8. The molecule has 0 saturated heterocycles. The molecule has 0 saturated carbocycles. The Morgan fingerprint density at radius 3 is 2.21 bits per heavy atom. The van der Waals surface area contributed by atoms with Crippen LogP contribution < -0.4 is 9.62 Å². The number of amides is 2. The highest BCUT2D eigenvalue weighted by molar-refractivity contribution is 7.92. The molecule has 0 aromatic heterocycles. The molecule has 1 N–H and O–H groups in total. The van der Waals surface area contributed by atoms with Crippen molar-refractivity contribution in [1.29, 1.82) is 0 Å². The van der Waals surface area contributed by atoms with E-state index < -0.39 is 45.8 Å². The van der Waals surface area contributed by atoms with Gasteiger partial charge in [0.25, 0.3) is 0 Å². The first-order valence-electron chi connectivity index (χ1n) is 11.0. The van der Waals surface area contributed by atoms with E-state index in [9.17, 15) is 22.4 Å². The Hall–Kier alpha value is -2.94. The molecule has 0 bridgehead atoms. The van der Waals surface area contributed by atoms with Crippen molar-refractivity contribution >= 4 is 27.5 Å². The Morgan fingerprint density at radius 1 is 1.06 bits per heavy atom. The van der Waals surface area contributed by atoms with Gasteiger partial charge in [-0.05, 0) is 70.9 Å². The molecule has 1 atom stereocenters. The molecule has 2 amide bonds. The summed E-state index contributed by atoms with van der Waals surface area (Å²) in [4.78, 5) is 27.6. The number of halogens is 1. The monoisotopic (exact) mass is 491 g/mol. The van der Waals surface area contributed by atoms with E-state index in [-0.39, 0.29) is 12.1 Å². The van der Waals surface area contributed by atoms with Gasteiger partial charge in [-0.2, -0.15) is 0 Å². The number of hydrogen-bond donors (Lipinski definition) is 1. The summed E-state index contributed by atoms with van der Waals surface area (Å²) in [6.45, 7) is 10.0. The normalized spacial score (nSPS) is 12.7. The van der Waals surface area contributed by atoms with Crippen LogP contribution in [0.5, 0.6) is 0 Å². The summed E-state index contributed by atoms with van der Waals surface area (Å²) in [5.74, 6) is -1.56. The van der Waals surface area contributed by atoms with Gasteiger partial charge < -0.3 is 10.2 Å². The zero-order valence-electron chi connectivity index (χ0n) is 20.8. The maximum absolute atomic E-state index is 14.4. The van der Waals surface area contributed by atoms with Crippen LogP contribution in [0, 0.1) is 19.7 Å². The van der Waals surface area contributed by atoms with Crippen LogP contribution >= 0.6 is 0 Å². The Balaban J connectivity index is 2.44. The van der Waals surface area contributed by atoms with Crippen molar-refractivity contribution in [2.24, 2.45) is 0 Å². The van der Waals surface area contributed by atoms with Gasteiger partial charge in [0, 0.05) is 17.6 Å². The minimum absolute atomic E-state index is 0.186. The fraction of sp³-hybridized carbons (Fsp3) is 0.440. The van der Waals surface area contributed by atoms with E-state index in [0.717, 1.165) is 21.7 Å². The lowest BCUT2D eigenvalue weighted by Crippen LogP contribution is -2.54. The second-order valence-corrected chi connectivity index (χ2v) is 11.5. The van der Waals surface area contributed by atoms with Crippen LogP contribution in [0.25, 0.3) is 0 Å². The van der Waals surface area contributed by atoms with Crippen LogP contribution in [0.2, 0.25) is 0 Å². The number of anilines is 1. The number of rotatable bonds is 8. The zero-order chi connectivity index (χ0) is 25.8. The van der Waals surface area contributed by atoms with Gasteiger partial charge in [0.15, 0.2) is 0 Å². The number of carbonyl (C=O) groups is 2. The number of hydrogen-bond acceptors (Lipinski definition) is 4. The third-order valence-corrected chi connectivity index (χ3v) is 6.56. The molecule has 0 aliphatic heterocycles. The van der Waals surface area contributed by atoms with Crippen LogP contribution in [-0.2, 0) is 26.2 Å². The summed E-state index contributed by atoms with van der Waals surface area (Å²) in [5.41, 5.74) is 1.88. The SMILES string of the molecule is Cc1ccc(N(CC(=O)N(Cc2ccccc2F)C(C)C(=O)NC(C)(C)C)S(C)(=O)=O)cc1C. The predicted octanol–water partition coefficient (Wildman–Crippen LogP) is 3.54. The summed E-state index contributed by atoms with van der Waals surface area (Å²) in [7, 11) is -3.82. The summed E-state index contributed by atoms with van der Waals surface area (Å²) >= 11 is 0. The summed E-state index contributed by atoms with van der Waals surface area (Å²) in [6, 6.07) is 10.1. The Labute approximate surface area is 202 Å². The minimum Gasteiger partial charge on any atom is -0.350 e. The Bertz CT molecular complexity index is 1160. The third-order valence-electron chi connectivity index (χ3n) is 5.42. The molecule has 0 aliphatic rings. The van der Waals surface area contributed by atoms with Crippen LogP contribution in [0.4, 0.5) is 10.1 Å². The van der Waals surface area contributed by atoms with Gasteiger partial charge in [0.2, 0.25) is 21.8 Å². The summed E-state index contributed by atoms with van der Waals surface area (Å²) < 4.78 is 40.6. The molecule has 34 heavy (non-hydrogen) atoms. The molecular weight excluding hydrogens is 457 g/mol. The van der Waals surface area contributed by atoms with Gasteiger partial charge in [-0.25, -0.2) is 12.8 Å². The molecule has 0 heterocycles. The molecule has 0 fully saturated rings. The van der Waals surface area contributed by atoms with Gasteiger partial charge >= 0.3 is 0 Å². The zero-order valence-corrected chi connectivity index (χ0v) is 21.7. The van der Waals surface area contributed by atoms with E-state index in [4.69, 9.17) is 0 Å². The van der Waals surface area contributed by atoms with E-state index in [2.05, 4.69) is 5.32 Å². The molecule has 186 valence electrons. The second kappa shape index (κ2) is 10.5. The fourth-order valence-electron chi connectivity index (χ4n) is 3.36. The molecule has 0 radical (unpaired) electrons. The van der Waals surface area contributed by atoms with Gasteiger partial charge in [0.05, 0.1) is 11.9 Å². The first kappa shape index (κ1) is 27.3. The van der Waals surface area contributed by atoms with E-state index in [1.165, 1.54) is 23.1 Å². The molecule has 0 spiro atoms. The maximum atomic E-state index is 14.4. The van der Waals surface area contributed by atoms with Crippen LogP contribution in [-0.4, -0.2) is 49.5 Å². The van der Waals surface area contributed by atoms with Gasteiger partial charge in [-0.15, -0.1) is 0 Å². The lowest BCUT2D eigenvalue weighted by molar-refractivity contribution is -0.140. The Kier molecular flexibility index (Phi) is 8.47. The van der Waals surface area contributed by atoms with E-state index >= 15 is 0 Å². The highest BCUT2D eigenvalue weighted by Crippen LogP contribution is 2.22. The van der Waals surface area contributed by atoms with Crippen molar-refractivity contribution < 1.29 is 22.4 Å². The molecule has 9 heteroatoms. The number of nitrogens with zero attached hydrogens (tertiary/aromatic N) is 2. The van der Waals surface area contributed by atoms with Crippen molar-refractivity contribution in [1.82, 2.24) is 10.2 Å². The smallest absolute Gasteiger partial charge is 0.244 e. The average molecular weight is 492 g/mol. The van der Waals surface area contributed by atoms with Gasteiger partial charge in [-0.1, -0.05) is 24.3 Å². The number of aryl methyl sites for hydroxylation is 2. The number of nitrogens with one attached hydrogen (secondary N) is 1. The molecule has 2 rings (SSSR count). The summed E-state index contributed by atoms with van der Waals surface area (Å²) in [6.07, 6.45) is 1.02. The van der Waals surface area contributed by atoms with Gasteiger partial charge in [0.1, 0.15) is 18.4 Å². The number of carbonyl (C=O) groups excluding carboxylic acids is 2. The van der Waals surface area contributed by atoms with Crippen LogP contribution in [0.3, 0.4) is 0 Å². The second-order valence-electron chi connectivity index (χ2n) is 9.57. The predicted molar refractivity (Wildman–Crippen MR) is 132 cm³/mol. The number of sulfonamides is 1.